The molecule has 0 spiro atoms. The fourth-order valence-corrected chi connectivity index (χ4v) is 11.8. The summed E-state index contributed by atoms with van der Waals surface area (Å²) in [6.45, 7) is 11.1. The quantitative estimate of drug-likeness (QED) is 0.0214. The van der Waals surface area contributed by atoms with E-state index in [9.17, 15) is 48.1 Å². The number of amides is 2. The number of para-hydroxylation sites is 2. The van der Waals surface area contributed by atoms with Crippen molar-refractivity contribution in [3.05, 3.63) is 144 Å². The van der Waals surface area contributed by atoms with E-state index in [0.29, 0.717) is 51.4 Å². The number of esters is 2. The fourth-order valence-electron chi connectivity index (χ4n) is 8.82. The maximum atomic E-state index is 15.8. The molecule has 2 aromatic carbocycles. The number of allylic oxidation sites excluding steroid dienone is 4. The Balaban J connectivity index is 0.000000281. The highest BCUT2D eigenvalue weighted by molar-refractivity contribution is 7.52. The molecule has 4 aliphatic rings. The first kappa shape index (κ1) is 70.0. The second kappa shape index (κ2) is 32.9. The first-order valence-electron chi connectivity index (χ1n) is 28.5. The lowest BCUT2D eigenvalue weighted by molar-refractivity contribution is -0.146. The minimum absolute atomic E-state index is 0.0102. The molecule has 26 nitrogen and oxygen atoms in total. The molecule has 6 heterocycles. The summed E-state index contributed by atoms with van der Waals surface area (Å²) in [5.74, 6) is -1.85. The fraction of sp³-hybridized carbons (Fsp3) is 0.483. The van der Waals surface area contributed by atoms with Crippen LogP contribution in [0.3, 0.4) is 0 Å². The molecule has 4 bridgehead atoms. The number of benzene rings is 2. The molecule has 2 aromatic heterocycles. The lowest BCUT2D eigenvalue weighted by Gasteiger charge is -2.25. The number of carbonyl (C=O) groups excluding carboxylic acids is 4. The van der Waals surface area contributed by atoms with E-state index in [4.69, 9.17) is 37.0 Å². The van der Waals surface area contributed by atoms with Gasteiger partial charge in [0.25, 0.3) is 0 Å². The van der Waals surface area contributed by atoms with Crippen LogP contribution >= 0.6 is 15.5 Å². The van der Waals surface area contributed by atoms with Crippen molar-refractivity contribution in [2.45, 2.75) is 152 Å². The minimum atomic E-state index is -4.36. The molecule has 12 atom stereocenters. The molecule has 8 rings (SSSR count). The van der Waals surface area contributed by atoms with Gasteiger partial charge in [0.2, 0.25) is 11.8 Å². The highest BCUT2D eigenvalue weighted by atomic mass is 31.2. The van der Waals surface area contributed by atoms with Crippen molar-refractivity contribution in [2.75, 3.05) is 37.1 Å². The largest absolute Gasteiger partial charge is 0.465 e. The van der Waals surface area contributed by atoms with E-state index >= 15 is 8.78 Å². The molecule has 2 fully saturated rings. The van der Waals surface area contributed by atoms with Gasteiger partial charge in [0, 0.05) is 25.2 Å². The SMILES string of the molecule is C=CCCCOC(=O)[C@H](C)N[P@](=O)(OC[C@H]1O[C@@H](n2ccc(NC(=O)CCCC=C)nc2=O)[C@@](C)(F)C1O)Oc1ccccc1.C[C@@H]1N[P@@](=O)(Oc2ccccc2)OCC2OC(n3ccc(nc3=O)NC(=O)CCCC=CCCCOC1=O)[C@](C)(F)[C@@H]2O. The van der Waals surface area contributed by atoms with Crippen molar-refractivity contribution in [3.63, 3.8) is 0 Å². The van der Waals surface area contributed by atoms with E-state index in [-0.39, 0.29) is 61.0 Å². The lowest BCUT2D eigenvalue weighted by Crippen LogP contribution is -2.43. The number of nitrogens with zero attached hydrogens (tertiary/aromatic N) is 4. The molecule has 480 valence electrons. The molecular formula is C58H76F2N8O18P2. The van der Waals surface area contributed by atoms with E-state index in [1.165, 1.54) is 62.6 Å². The van der Waals surface area contributed by atoms with Gasteiger partial charge in [-0.15, -0.1) is 13.2 Å². The Kier molecular flexibility index (Phi) is 26.2. The second-order valence-corrected chi connectivity index (χ2v) is 24.3. The highest BCUT2D eigenvalue weighted by Gasteiger charge is 2.57. The van der Waals surface area contributed by atoms with Crippen LogP contribution in [0, 0.1) is 0 Å². The maximum absolute atomic E-state index is 15.8. The van der Waals surface area contributed by atoms with Crippen LogP contribution in [0.1, 0.15) is 104 Å². The predicted octanol–water partition coefficient (Wildman–Crippen LogP) is 7.63. The zero-order valence-electron chi connectivity index (χ0n) is 49.2. The van der Waals surface area contributed by atoms with Crippen molar-refractivity contribution in [2.24, 2.45) is 0 Å². The number of fused-ring (bicyclic) bond motifs is 17. The van der Waals surface area contributed by atoms with Crippen molar-refractivity contribution < 1.29 is 84.3 Å². The van der Waals surface area contributed by atoms with E-state index in [1.54, 1.807) is 48.6 Å². The Hall–Kier alpha value is -7.10. The number of aliphatic hydroxyl groups is 2. The summed E-state index contributed by atoms with van der Waals surface area (Å²) in [5, 5.41) is 31.7. The molecule has 0 aliphatic carbocycles. The topological polar surface area (TPSA) is 335 Å². The normalized spacial score (nSPS) is 27.2. The van der Waals surface area contributed by atoms with Gasteiger partial charge in [-0.2, -0.15) is 20.1 Å². The van der Waals surface area contributed by atoms with Crippen LogP contribution in [0.5, 0.6) is 11.5 Å². The monoisotopic (exact) mass is 1270 g/mol. The number of carbonyl (C=O) groups is 4. The molecule has 0 radical (unpaired) electrons. The molecule has 3 unspecified atom stereocenters. The maximum Gasteiger partial charge on any atom is 0.459 e. The summed E-state index contributed by atoms with van der Waals surface area (Å²) >= 11 is 0. The smallest absolute Gasteiger partial charge is 0.459 e. The summed E-state index contributed by atoms with van der Waals surface area (Å²) in [4.78, 5) is 82.7. The van der Waals surface area contributed by atoms with Crippen LogP contribution in [0.4, 0.5) is 20.4 Å². The first-order chi connectivity index (χ1) is 41.9. The molecule has 88 heavy (non-hydrogen) atoms. The average Bonchev–Trinajstić information content (AvgIpc) is 2.55. The molecule has 4 aromatic rings. The first-order valence-corrected chi connectivity index (χ1v) is 31.5. The zero-order valence-corrected chi connectivity index (χ0v) is 51.0. The summed E-state index contributed by atoms with van der Waals surface area (Å²) in [6, 6.07) is 16.4. The lowest BCUT2D eigenvalue weighted by atomic mass is 9.98. The van der Waals surface area contributed by atoms with Crippen LogP contribution in [0.25, 0.3) is 0 Å². The predicted molar refractivity (Wildman–Crippen MR) is 317 cm³/mol. The van der Waals surface area contributed by atoms with Crippen molar-refractivity contribution in [3.8, 4) is 11.5 Å². The number of alkyl halides is 2. The van der Waals surface area contributed by atoms with Gasteiger partial charge in [-0.3, -0.25) is 37.4 Å². The summed E-state index contributed by atoms with van der Waals surface area (Å²) in [6.07, 6.45) is 5.02. The zero-order chi connectivity index (χ0) is 64.1. The number of aromatic nitrogens is 4. The summed E-state index contributed by atoms with van der Waals surface area (Å²) in [5.41, 5.74) is -6.89. The van der Waals surface area contributed by atoms with Crippen molar-refractivity contribution >= 4 is 50.9 Å². The van der Waals surface area contributed by atoms with Crippen LogP contribution in [0.15, 0.2) is 132 Å². The highest BCUT2D eigenvalue weighted by Crippen LogP contribution is 2.49. The standard InChI is InChI=1S/C30H40FN4O9P.C28H36FN4O9P/c1-5-7-10-16-25(36)32-24-17-18-35(29(39)33-24)28-30(4,31)26(37)23(43-28)20-42-45(40,44-22-14-11-9-12-15-22)34-21(3)27(38)41-19-13-8-6-2;1-19-25(36)39-17-11-6-4-3-5-10-14-23(34)30-22-15-16-33(27(37)31-22)26-28(2,29)24(35)21(41-26)18-40-43(38,32-19)42-20-12-8-7-9-13-20/h5-6,9,11-12,14-15,17-18,21,23,26,28,37H,1-2,7-8,10,13,16,19-20H2,3-4H3,(H,34,40)(H,32,33,36,39);3-4,7-9,12-13,15-16,19,21,24,26,35H,5-6,10-11,14,17-18H2,1-2H3,(H,32,38)(H,30,31,34,37)/t21-,23+,26?,28+,30-,45-;19-,21?,24+,26?,28+,43-/m00/s1. The third-order valence-corrected chi connectivity index (χ3v) is 16.9. The van der Waals surface area contributed by atoms with Crippen LogP contribution in [-0.2, 0) is 56.3 Å². The van der Waals surface area contributed by atoms with Crippen molar-refractivity contribution in [1.29, 1.82) is 0 Å². The summed E-state index contributed by atoms with van der Waals surface area (Å²) < 4.78 is 105. The van der Waals surface area contributed by atoms with Crippen LogP contribution < -0.4 is 41.2 Å². The Morgan fingerprint density at radius 3 is 2.15 bits per heavy atom. The molecular weight excluding hydrogens is 1200 g/mol. The Labute approximate surface area is 507 Å². The van der Waals surface area contributed by atoms with Gasteiger partial charge in [-0.25, -0.2) is 27.5 Å². The van der Waals surface area contributed by atoms with Gasteiger partial charge in [0.1, 0.15) is 59.6 Å². The number of halogens is 2. The van der Waals surface area contributed by atoms with Gasteiger partial charge in [0.15, 0.2) is 23.8 Å². The van der Waals surface area contributed by atoms with Gasteiger partial charge >= 0.3 is 38.8 Å². The summed E-state index contributed by atoms with van der Waals surface area (Å²) in [7, 11) is -8.69. The van der Waals surface area contributed by atoms with E-state index in [0.717, 1.165) is 23.0 Å². The molecule has 2 amide bonds. The van der Waals surface area contributed by atoms with Crippen LogP contribution in [0.2, 0.25) is 0 Å². The van der Waals surface area contributed by atoms with Crippen LogP contribution in [-0.4, -0.2) is 127 Å². The molecule has 30 heteroatoms. The number of rotatable bonds is 20. The van der Waals surface area contributed by atoms with E-state index in [1.807, 2.05) is 12.2 Å². The Morgan fingerprint density at radius 1 is 0.875 bits per heavy atom. The number of nitrogens with one attached hydrogen (secondary N) is 4. The Morgan fingerprint density at radius 2 is 1.49 bits per heavy atom. The van der Waals surface area contributed by atoms with Gasteiger partial charge in [-0.1, -0.05) is 60.7 Å². The van der Waals surface area contributed by atoms with Crippen molar-refractivity contribution in [1.82, 2.24) is 29.3 Å². The number of hydrogen-bond donors (Lipinski definition) is 6. The molecule has 2 saturated heterocycles. The van der Waals surface area contributed by atoms with Gasteiger partial charge in [0.05, 0.1) is 26.4 Å². The number of ether oxygens (including phenoxy) is 4. The second-order valence-electron chi connectivity index (χ2n) is 20.9. The van der Waals surface area contributed by atoms with Gasteiger partial charge in [-0.05, 0) is 115 Å². The number of aliphatic hydroxyl groups excluding tert-OH is 2. The third-order valence-electron chi connectivity index (χ3n) is 13.6. The minimum Gasteiger partial charge on any atom is -0.465 e. The molecule has 4 aliphatic heterocycles. The molecule has 6 N–H and O–H groups in total. The van der Waals surface area contributed by atoms with E-state index in [2.05, 4.69) is 43.9 Å². The number of anilines is 2. The van der Waals surface area contributed by atoms with E-state index < -0.39 is 112 Å². The Bertz CT molecular complexity index is 3250. The molecule has 0 saturated carbocycles. The number of hydrogen-bond acceptors (Lipinski definition) is 20. The average molecular weight is 1270 g/mol. The third kappa shape index (κ3) is 20.2. The number of unbranched alkanes of at least 4 members (excludes halogenated alkanes) is 2. The van der Waals surface area contributed by atoms with Gasteiger partial charge < -0.3 is 48.8 Å².